The molecule has 1 aromatic rings. The Morgan fingerprint density at radius 3 is 1.97 bits per heavy atom. The molecule has 0 heterocycles. The summed E-state index contributed by atoms with van der Waals surface area (Å²) in [5.41, 5.74) is 5.79. The molecule has 1 aromatic carbocycles. The predicted octanol–water partition coefficient (Wildman–Crippen LogP) is -1.05. The lowest BCUT2D eigenvalue weighted by atomic mass is 10.0. The van der Waals surface area contributed by atoms with E-state index in [9.17, 15) is 34.2 Å². The standard InChI is InChI=1S/C21H30N4O8/c1-11(2)18(25-16(27)10-22)20(31)23-14(7-8-17(28)29)19(30)24-15(21(32)33)9-12-3-5-13(26)6-4-12/h3-6,11,14-15,18,26H,7-10,22H2,1-2H3,(H,23,31)(H,24,30)(H,25,27)(H,28,29)(H,32,33). The molecule has 0 aliphatic carbocycles. The first-order valence-electron chi connectivity index (χ1n) is 10.3. The van der Waals surface area contributed by atoms with E-state index in [1.54, 1.807) is 13.8 Å². The third kappa shape index (κ3) is 9.56. The maximum Gasteiger partial charge on any atom is 0.326 e. The van der Waals surface area contributed by atoms with Crippen LogP contribution in [0.5, 0.6) is 5.75 Å². The van der Waals surface area contributed by atoms with Crippen LogP contribution in [0.3, 0.4) is 0 Å². The zero-order valence-corrected chi connectivity index (χ0v) is 18.4. The van der Waals surface area contributed by atoms with E-state index in [-0.39, 0.29) is 31.1 Å². The molecule has 3 amide bonds. The van der Waals surface area contributed by atoms with Crippen molar-refractivity contribution in [1.29, 1.82) is 0 Å². The van der Waals surface area contributed by atoms with Crippen LogP contribution in [0.25, 0.3) is 0 Å². The molecule has 0 fully saturated rings. The summed E-state index contributed by atoms with van der Waals surface area (Å²) in [5.74, 6) is -5.13. The second-order valence-corrected chi connectivity index (χ2v) is 7.76. The average molecular weight is 466 g/mol. The molecular weight excluding hydrogens is 436 g/mol. The Hall–Kier alpha value is -3.67. The minimum atomic E-state index is -1.37. The Labute approximate surface area is 190 Å². The number of benzene rings is 1. The van der Waals surface area contributed by atoms with Gasteiger partial charge in [0, 0.05) is 12.8 Å². The normalized spacial score (nSPS) is 13.5. The number of nitrogens with two attached hydrogens (primary N) is 1. The van der Waals surface area contributed by atoms with E-state index in [4.69, 9.17) is 10.8 Å². The first-order valence-corrected chi connectivity index (χ1v) is 10.3. The second kappa shape index (κ2) is 13.0. The summed E-state index contributed by atoms with van der Waals surface area (Å²) < 4.78 is 0. The zero-order valence-electron chi connectivity index (χ0n) is 18.4. The monoisotopic (exact) mass is 466 g/mol. The molecule has 33 heavy (non-hydrogen) atoms. The molecule has 0 saturated carbocycles. The average Bonchev–Trinajstić information content (AvgIpc) is 2.74. The van der Waals surface area contributed by atoms with Crippen molar-refractivity contribution < 1.29 is 39.3 Å². The van der Waals surface area contributed by atoms with Crippen molar-refractivity contribution in [2.24, 2.45) is 11.7 Å². The SMILES string of the molecule is CC(C)C(NC(=O)CN)C(=O)NC(CCC(=O)O)C(=O)NC(Cc1ccc(O)cc1)C(=O)O. The summed E-state index contributed by atoms with van der Waals surface area (Å²) in [6, 6.07) is 1.97. The minimum absolute atomic E-state index is 0.00691. The van der Waals surface area contributed by atoms with Crippen molar-refractivity contribution in [2.75, 3.05) is 6.54 Å². The van der Waals surface area contributed by atoms with E-state index < -0.39 is 54.2 Å². The van der Waals surface area contributed by atoms with Gasteiger partial charge < -0.3 is 37.0 Å². The number of hydrogen-bond donors (Lipinski definition) is 7. The minimum Gasteiger partial charge on any atom is -0.508 e. The van der Waals surface area contributed by atoms with Gasteiger partial charge in [-0.2, -0.15) is 0 Å². The number of carbonyl (C=O) groups is 5. The summed E-state index contributed by atoms with van der Waals surface area (Å²) in [6.45, 7) is 2.97. The largest absolute Gasteiger partial charge is 0.508 e. The fourth-order valence-corrected chi connectivity index (χ4v) is 2.91. The van der Waals surface area contributed by atoms with Gasteiger partial charge in [-0.25, -0.2) is 4.79 Å². The Morgan fingerprint density at radius 1 is 0.909 bits per heavy atom. The van der Waals surface area contributed by atoms with Crippen LogP contribution >= 0.6 is 0 Å². The molecule has 12 heteroatoms. The Bertz CT molecular complexity index is 856. The van der Waals surface area contributed by atoms with Crippen LogP contribution in [-0.4, -0.2) is 69.7 Å². The second-order valence-electron chi connectivity index (χ2n) is 7.76. The third-order valence-electron chi connectivity index (χ3n) is 4.72. The van der Waals surface area contributed by atoms with Gasteiger partial charge in [0.15, 0.2) is 0 Å². The number of amides is 3. The van der Waals surface area contributed by atoms with Gasteiger partial charge in [0.1, 0.15) is 23.9 Å². The van der Waals surface area contributed by atoms with Crippen LogP contribution in [0.15, 0.2) is 24.3 Å². The third-order valence-corrected chi connectivity index (χ3v) is 4.72. The molecule has 3 atom stereocenters. The van der Waals surface area contributed by atoms with Crippen molar-refractivity contribution in [2.45, 2.75) is 51.2 Å². The molecule has 12 nitrogen and oxygen atoms in total. The number of carboxylic acid groups (broad SMARTS) is 2. The molecule has 1 rings (SSSR count). The number of hydrogen-bond acceptors (Lipinski definition) is 7. The smallest absolute Gasteiger partial charge is 0.326 e. The highest BCUT2D eigenvalue weighted by Gasteiger charge is 2.31. The summed E-state index contributed by atoms with van der Waals surface area (Å²) >= 11 is 0. The molecule has 0 bridgehead atoms. The Balaban J connectivity index is 2.99. The molecule has 0 aliphatic rings. The zero-order chi connectivity index (χ0) is 25.1. The van der Waals surface area contributed by atoms with E-state index >= 15 is 0 Å². The summed E-state index contributed by atoms with van der Waals surface area (Å²) in [4.78, 5) is 59.8. The first kappa shape index (κ1) is 27.4. The lowest BCUT2D eigenvalue weighted by molar-refractivity contribution is -0.143. The van der Waals surface area contributed by atoms with E-state index in [0.29, 0.717) is 5.56 Å². The van der Waals surface area contributed by atoms with Gasteiger partial charge in [0.25, 0.3) is 0 Å². The number of phenols is 1. The van der Waals surface area contributed by atoms with Crippen LogP contribution in [0.4, 0.5) is 0 Å². The molecule has 0 aliphatic heterocycles. The van der Waals surface area contributed by atoms with Gasteiger partial charge >= 0.3 is 11.9 Å². The van der Waals surface area contributed by atoms with Crippen LogP contribution in [0, 0.1) is 5.92 Å². The maximum absolute atomic E-state index is 12.8. The number of rotatable bonds is 13. The number of phenolic OH excluding ortho intramolecular Hbond substituents is 1. The van der Waals surface area contributed by atoms with E-state index in [2.05, 4.69) is 16.0 Å². The lowest BCUT2D eigenvalue weighted by Gasteiger charge is -2.26. The van der Waals surface area contributed by atoms with Crippen molar-refractivity contribution in [3.05, 3.63) is 29.8 Å². The highest BCUT2D eigenvalue weighted by atomic mass is 16.4. The number of carbonyl (C=O) groups excluding carboxylic acids is 3. The first-order chi connectivity index (χ1) is 15.4. The number of nitrogens with one attached hydrogen (secondary N) is 3. The fourth-order valence-electron chi connectivity index (χ4n) is 2.91. The maximum atomic E-state index is 12.8. The van der Waals surface area contributed by atoms with Gasteiger partial charge in [-0.15, -0.1) is 0 Å². The van der Waals surface area contributed by atoms with E-state index in [1.807, 2.05) is 0 Å². The quantitative estimate of drug-likeness (QED) is 0.189. The topological polar surface area (TPSA) is 208 Å². The predicted molar refractivity (Wildman–Crippen MR) is 116 cm³/mol. The van der Waals surface area contributed by atoms with Gasteiger partial charge in [0.2, 0.25) is 17.7 Å². The number of carboxylic acids is 2. The lowest BCUT2D eigenvalue weighted by Crippen LogP contribution is -2.57. The highest BCUT2D eigenvalue weighted by molar-refractivity contribution is 5.94. The van der Waals surface area contributed by atoms with Gasteiger partial charge in [-0.05, 0) is 30.0 Å². The molecular formula is C21H30N4O8. The number of aromatic hydroxyl groups is 1. The van der Waals surface area contributed by atoms with Crippen LogP contribution < -0.4 is 21.7 Å². The van der Waals surface area contributed by atoms with Crippen molar-refractivity contribution in [3.63, 3.8) is 0 Å². The van der Waals surface area contributed by atoms with Crippen molar-refractivity contribution >= 4 is 29.7 Å². The van der Waals surface area contributed by atoms with Gasteiger partial charge in [-0.3, -0.25) is 19.2 Å². The molecule has 0 radical (unpaired) electrons. The van der Waals surface area contributed by atoms with Crippen LogP contribution in [0.2, 0.25) is 0 Å². The molecule has 0 spiro atoms. The van der Waals surface area contributed by atoms with Gasteiger partial charge in [0.05, 0.1) is 6.54 Å². The van der Waals surface area contributed by atoms with Crippen LogP contribution in [0.1, 0.15) is 32.3 Å². The molecule has 8 N–H and O–H groups in total. The molecule has 3 unspecified atom stereocenters. The molecule has 182 valence electrons. The number of aliphatic carboxylic acids is 2. The summed E-state index contributed by atoms with van der Waals surface area (Å²) in [6.07, 6.45) is -0.869. The molecule has 0 aromatic heterocycles. The van der Waals surface area contributed by atoms with Gasteiger partial charge in [-0.1, -0.05) is 26.0 Å². The van der Waals surface area contributed by atoms with E-state index in [0.717, 1.165) is 0 Å². The highest BCUT2D eigenvalue weighted by Crippen LogP contribution is 2.12. The Kier molecular flexibility index (Phi) is 10.8. The van der Waals surface area contributed by atoms with Crippen molar-refractivity contribution in [1.82, 2.24) is 16.0 Å². The van der Waals surface area contributed by atoms with Crippen molar-refractivity contribution in [3.8, 4) is 5.75 Å². The summed E-state index contributed by atoms with van der Waals surface area (Å²) in [5, 5.41) is 35.0. The van der Waals surface area contributed by atoms with Crippen LogP contribution in [-0.2, 0) is 30.4 Å². The Morgan fingerprint density at radius 2 is 1.48 bits per heavy atom. The summed E-state index contributed by atoms with van der Waals surface area (Å²) in [7, 11) is 0. The molecule has 0 saturated heterocycles. The van der Waals surface area contributed by atoms with E-state index in [1.165, 1.54) is 24.3 Å². The fraction of sp³-hybridized carbons (Fsp3) is 0.476.